The minimum atomic E-state index is -3.66. The zero-order chi connectivity index (χ0) is 23.2. The minimum Gasteiger partial charge on any atom is -0.322 e. The van der Waals surface area contributed by atoms with Crippen LogP contribution in [-0.2, 0) is 19.6 Å². The van der Waals surface area contributed by atoms with Crippen LogP contribution in [0, 0.1) is 5.82 Å². The highest BCUT2D eigenvalue weighted by Gasteiger charge is 2.47. The summed E-state index contributed by atoms with van der Waals surface area (Å²) in [4.78, 5) is 27.8. The van der Waals surface area contributed by atoms with Crippen LogP contribution < -0.4 is 9.80 Å². The SMILES string of the molecule is O=C1C[C@H]([NH+]2CCN(S(=O)(=O)c3ccc4ccccc4c3)CC2)C(=O)N1c1ccc(F)cc1. The summed E-state index contributed by atoms with van der Waals surface area (Å²) in [5.74, 6) is -1.09. The van der Waals surface area contributed by atoms with E-state index in [4.69, 9.17) is 0 Å². The first-order valence-electron chi connectivity index (χ1n) is 10.8. The summed E-state index contributed by atoms with van der Waals surface area (Å²) in [5.41, 5.74) is 0.353. The van der Waals surface area contributed by atoms with Gasteiger partial charge in [0.1, 0.15) is 5.82 Å². The van der Waals surface area contributed by atoms with E-state index in [9.17, 15) is 22.4 Å². The molecule has 3 aromatic rings. The maximum absolute atomic E-state index is 13.2. The number of carbonyl (C=O) groups is 2. The van der Waals surface area contributed by atoms with Gasteiger partial charge in [0.05, 0.1) is 43.2 Å². The molecule has 33 heavy (non-hydrogen) atoms. The molecule has 9 heteroatoms. The number of sulfonamides is 1. The largest absolute Gasteiger partial charge is 0.322 e. The number of nitrogens with one attached hydrogen (secondary N) is 1. The number of hydrogen-bond donors (Lipinski definition) is 1. The number of quaternary nitrogens is 1. The lowest BCUT2D eigenvalue weighted by atomic mass is 10.1. The summed E-state index contributed by atoms with van der Waals surface area (Å²) >= 11 is 0. The van der Waals surface area contributed by atoms with Crippen molar-refractivity contribution in [3.8, 4) is 0 Å². The van der Waals surface area contributed by atoms with Gasteiger partial charge in [-0.25, -0.2) is 17.7 Å². The van der Waals surface area contributed by atoms with Crippen molar-refractivity contribution in [2.45, 2.75) is 17.4 Å². The highest BCUT2D eigenvalue weighted by Crippen LogP contribution is 2.24. The molecule has 0 saturated carbocycles. The number of piperazine rings is 1. The normalized spacial score (nSPS) is 20.6. The lowest BCUT2D eigenvalue weighted by molar-refractivity contribution is -0.918. The maximum Gasteiger partial charge on any atom is 0.292 e. The van der Waals surface area contributed by atoms with E-state index in [-0.39, 0.29) is 36.2 Å². The summed E-state index contributed by atoms with van der Waals surface area (Å²) in [6.07, 6.45) is 0.0585. The average molecular weight is 469 g/mol. The Balaban J connectivity index is 1.29. The fraction of sp³-hybridized carbons (Fsp3) is 0.250. The average Bonchev–Trinajstić information content (AvgIpc) is 3.13. The maximum atomic E-state index is 13.2. The molecule has 2 aliphatic heterocycles. The van der Waals surface area contributed by atoms with Crippen molar-refractivity contribution in [3.05, 3.63) is 72.5 Å². The Hall–Kier alpha value is -3.14. The van der Waals surface area contributed by atoms with E-state index in [1.807, 2.05) is 24.3 Å². The van der Waals surface area contributed by atoms with Gasteiger partial charge in [0.2, 0.25) is 15.9 Å². The molecule has 0 spiro atoms. The van der Waals surface area contributed by atoms with Gasteiger partial charge in [-0.15, -0.1) is 0 Å². The molecule has 2 heterocycles. The van der Waals surface area contributed by atoms with Crippen molar-refractivity contribution in [2.75, 3.05) is 31.1 Å². The molecule has 0 bridgehead atoms. The summed E-state index contributed by atoms with van der Waals surface area (Å²) in [6.45, 7) is 1.37. The van der Waals surface area contributed by atoms with E-state index in [1.54, 1.807) is 18.2 Å². The van der Waals surface area contributed by atoms with Crippen molar-refractivity contribution >= 4 is 38.3 Å². The first-order valence-corrected chi connectivity index (χ1v) is 12.2. The van der Waals surface area contributed by atoms with E-state index in [0.29, 0.717) is 18.8 Å². The van der Waals surface area contributed by atoms with Gasteiger partial charge in [-0.1, -0.05) is 30.3 Å². The summed E-state index contributed by atoms with van der Waals surface area (Å²) in [5, 5.41) is 1.83. The molecule has 7 nitrogen and oxygen atoms in total. The molecular weight excluding hydrogens is 445 g/mol. The van der Waals surface area contributed by atoms with Crippen LogP contribution in [0.1, 0.15) is 6.42 Å². The summed E-state index contributed by atoms with van der Waals surface area (Å²) < 4.78 is 41.1. The molecule has 170 valence electrons. The van der Waals surface area contributed by atoms with Crippen LogP contribution in [0.25, 0.3) is 10.8 Å². The van der Waals surface area contributed by atoms with Crippen LogP contribution in [0.3, 0.4) is 0 Å². The molecule has 2 amide bonds. The van der Waals surface area contributed by atoms with Crippen LogP contribution in [0.5, 0.6) is 0 Å². The van der Waals surface area contributed by atoms with E-state index < -0.39 is 21.9 Å². The number of nitrogens with zero attached hydrogens (tertiary/aromatic N) is 2. The van der Waals surface area contributed by atoms with Crippen molar-refractivity contribution in [1.29, 1.82) is 0 Å². The zero-order valence-corrected chi connectivity index (χ0v) is 18.6. The second-order valence-corrected chi connectivity index (χ2v) is 10.3. The van der Waals surface area contributed by atoms with Crippen molar-refractivity contribution in [1.82, 2.24) is 4.31 Å². The molecule has 2 saturated heterocycles. The van der Waals surface area contributed by atoms with Crippen LogP contribution in [-0.4, -0.2) is 56.8 Å². The Morgan fingerprint density at radius 1 is 0.879 bits per heavy atom. The Kier molecular flexibility index (Phi) is 5.48. The molecule has 0 aliphatic carbocycles. The van der Waals surface area contributed by atoms with Gasteiger partial charge in [-0.2, -0.15) is 4.31 Å². The predicted molar refractivity (Wildman–Crippen MR) is 121 cm³/mol. The van der Waals surface area contributed by atoms with Crippen LogP contribution in [0.4, 0.5) is 10.1 Å². The molecule has 1 atom stereocenters. The van der Waals surface area contributed by atoms with Gasteiger partial charge in [-0.3, -0.25) is 9.59 Å². The number of rotatable bonds is 4. The third kappa shape index (κ3) is 3.92. The van der Waals surface area contributed by atoms with Crippen LogP contribution in [0.15, 0.2) is 71.6 Å². The Morgan fingerprint density at radius 3 is 2.24 bits per heavy atom. The Labute approximate surface area is 191 Å². The van der Waals surface area contributed by atoms with Gasteiger partial charge in [0.15, 0.2) is 6.04 Å². The molecule has 0 radical (unpaired) electrons. The summed E-state index contributed by atoms with van der Waals surface area (Å²) in [6, 6.07) is 17.4. The van der Waals surface area contributed by atoms with E-state index in [0.717, 1.165) is 20.6 Å². The zero-order valence-electron chi connectivity index (χ0n) is 17.8. The molecule has 5 rings (SSSR count). The first-order chi connectivity index (χ1) is 15.8. The lowest BCUT2D eigenvalue weighted by Crippen LogP contribution is -3.19. The molecule has 0 aromatic heterocycles. The number of anilines is 1. The fourth-order valence-corrected chi connectivity index (χ4v) is 6.13. The third-order valence-corrected chi connectivity index (χ3v) is 8.34. The van der Waals surface area contributed by atoms with Crippen molar-refractivity contribution in [3.63, 3.8) is 0 Å². The quantitative estimate of drug-likeness (QED) is 0.584. The highest BCUT2D eigenvalue weighted by molar-refractivity contribution is 7.89. The number of hydrogen-bond acceptors (Lipinski definition) is 4. The number of amides is 2. The number of imide groups is 1. The Bertz CT molecular complexity index is 1340. The van der Waals surface area contributed by atoms with Gasteiger partial charge >= 0.3 is 0 Å². The van der Waals surface area contributed by atoms with Gasteiger partial charge in [0.25, 0.3) is 5.91 Å². The van der Waals surface area contributed by atoms with E-state index in [1.165, 1.54) is 28.6 Å². The number of carbonyl (C=O) groups excluding carboxylic acids is 2. The number of halogens is 1. The minimum absolute atomic E-state index is 0.0585. The highest BCUT2D eigenvalue weighted by atomic mass is 32.2. The van der Waals surface area contributed by atoms with Crippen LogP contribution in [0.2, 0.25) is 0 Å². The van der Waals surface area contributed by atoms with Gasteiger partial charge in [0, 0.05) is 0 Å². The van der Waals surface area contributed by atoms with Crippen molar-refractivity contribution < 1.29 is 27.3 Å². The van der Waals surface area contributed by atoms with Crippen molar-refractivity contribution in [2.24, 2.45) is 0 Å². The first kappa shape index (κ1) is 21.7. The molecule has 0 unspecified atom stereocenters. The predicted octanol–water partition coefficient (Wildman–Crippen LogP) is 1.20. The molecular formula is C24H23FN3O4S+. The molecule has 2 aliphatic rings. The van der Waals surface area contributed by atoms with Gasteiger partial charge in [-0.05, 0) is 47.2 Å². The Morgan fingerprint density at radius 2 is 1.55 bits per heavy atom. The fourth-order valence-electron chi connectivity index (χ4n) is 4.65. The molecule has 1 N–H and O–H groups in total. The second kappa shape index (κ2) is 8.33. The number of fused-ring (bicyclic) bond motifs is 1. The molecule has 2 fully saturated rings. The molecule has 3 aromatic carbocycles. The van der Waals surface area contributed by atoms with E-state index >= 15 is 0 Å². The standard InChI is InChI=1S/C24H22FN3O4S/c25-19-6-8-20(9-7-19)28-23(29)16-22(24(28)30)26-11-13-27(14-12-26)33(31,32)21-10-5-17-3-1-2-4-18(17)15-21/h1-10,15,22H,11-14,16H2/p+1/t22-/m0/s1. The third-order valence-electron chi connectivity index (χ3n) is 6.45. The lowest BCUT2D eigenvalue weighted by Gasteiger charge is -2.33. The van der Waals surface area contributed by atoms with Gasteiger partial charge < -0.3 is 4.90 Å². The topological polar surface area (TPSA) is 79.2 Å². The monoisotopic (exact) mass is 468 g/mol. The number of benzene rings is 3. The van der Waals surface area contributed by atoms with E-state index in [2.05, 4.69) is 0 Å². The smallest absolute Gasteiger partial charge is 0.292 e. The second-order valence-electron chi connectivity index (χ2n) is 8.37. The van der Waals surface area contributed by atoms with Crippen LogP contribution >= 0.6 is 0 Å². The summed E-state index contributed by atoms with van der Waals surface area (Å²) in [7, 11) is -3.66.